The van der Waals surface area contributed by atoms with Crippen LogP contribution in [0.5, 0.6) is 23.0 Å². The molecule has 1 heterocycles. The summed E-state index contributed by atoms with van der Waals surface area (Å²) in [4.78, 5) is 12.8. The second kappa shape index (κ2) is 7.19. The number of hydrogen-bond donors (Lipinski definition) is 1. The summed E-state index contributed by atoms with van der Waals surface area (Å²) >= 11 is 0. The quantitative estimate of drug-likeness (QED) is 0.624. The standard InChI is InChI=1S/C22H22O5/c1-22(2)12-11-16-19(25-3)10-7-15(21(16)27-22)17(23)8-5-14-6-9-20(26-4)18(24)13-14/h5-13,24H,1-4H3. The highest BCUT2D eigenvalue weighted by Gasteiger charge is 2.27. The normalized spacial score (nSPS) is 14.5. The summed E-state index contributed by atoms with van der Waals surface area (Å²) in [5.74, 6) is 1.36. The minimum atomic E-state index is -0.514. The highest BCUT2D eigenvalue weighted by molar-refractivity contribution is 6.09. The Labute approximate surface area is 158 Å². The summed E-state index contributed by atoms with van der Waals surface area (Å²) < 4.78 is 16.4. The number of rotatable bonds is 5. The summed E-state index contributed by atoms with van der Waals surface area (Å²) in [6.45, 7) is 3.85. The number of hydrogen-bond acceptors (Lipinski definition) is 5. The Morgan fingerprint density at radius 3 is 2.48 bits per heavy atom. The molecule has 2 aromatic rings. The van der Waals surface area contributed by atoms with Crippen LogP contribution in [0.4, 0.5) is 0 Å². The summed E-state index contributed by atoms with van der Waals surface area (Å²) in [5, 5.41) is 9.86. The first-order chi connectivity index (χ1) is 12.8. The van der Waals surface area contributed by atoms with Crippen molar-refractivity contribution in [2.45, 2.75) is 19.4 Å². The van der Waals surface area contributed by atoms with Crippen molar-refractivity contribution >= 4 is 17.9 Å². The van der Waals surface area contributed by atoms with E-state index in [9.17, 15) is 9.90 Å². The van der Waals surface area contributed by atoms with Gasteiger partial charge in [0.05, 0.1) is 25.3 Å². The lowest BCUT2D eigenvalue weighted by Gasteiger charge is -2.29. The van der Waals surface area contributed by atoms with Crippen molar-refractivity contribution in [3.63, 3.8) is 0 Å². The van der Waals surface area contributed by atoms with E-state index in [1.54, 1.807) is 37.5 Å². The molecule has 0 amide bonds. The van der Waals surface area contributed by atoms with Crippen molar-refractivity contribution in [2.75, 3.05) is 14.2 Å². The van der Waals surface area contributed by atoms with Crippen molar-refractivity contribution in [2.24, 2.45) is 0 Å². The topological polar surface area (TPSA) is 65.0 Å². The van der Waals surface area contributed by atoms with Gasteiger partial charge in [0.25, 0.3) is 0 Å². The van der Waals surface area contributed by atoms with Gasteiger partial charge in [0.15, 0.2) is 17.3 Å². The van der Waals surface area contributed by atoms with Crippen molar-refractivity contribution in [1.29, 1.82) is 0 Å². The number of carbonyl (C=O) groups is 1. The van der Waals surface area contributed by atoms with Gasteiger partial charge in [-0.25, -0.2) is 0 Å². The molecule has 0 aliphatic carbocycles. The minimum Gasteiger partial charge on any atom is -0.504 e. The van der Waals surface area contributed by atoms with Crippen LogP contribution in [0.25, 0.3) is 12.2 Å². The molecule has 0 saturated heterocycles. The lowest BCUT2D eigenvalue weighted by atomic mass is 9.97. The zero-order valence-electron chi connectivity index (χ0n) is 15.8. The molecule has 140 valence electrons. The average molecular weight is 366 g/mol. The van der Waals surface area contributed by atoms with Crippen LogP contribution in [0.2, 0.25) is 0 Å². The van der Waals surface area contributed by atoms with E-state index in [1.165, 1.54) is 19.3 Å². The summed E-state index contributed by atoms with van der Waals surface area (Å²) in [6, 6.07) is 8.39. The van der Waals surface area contributed by atoms with Crippen molar-refractivity contribution in [3.8, 4) is 23.0 Å². The van der Waals surface area contributed by atoms with E-state index >= 15 is 0 Å². The van der Waals surface area contributed by atoms with E-state index in [0.29, 0.717) is 28.4 Å². The number of fused-ring (bicyclic) bond motifs is 1. The largest absolute Gasteiger partial charge is 0.504 e. The number of allylic oxidation sites excluding steroid dienone is 1. The Hall–Kier alpha value is -3.21. The summed E-state index contributed by atoms with van der Waals surface area (Å²) in [5.41, 5.74) is 1.38. The third-order valence-corrected chi connectivity index (χ3v) is 4.29. The predicted octanol–water partition coefficient (Wildman–Crippen LogP) is 4.49. The minimum absolute atomic E-state index is 0.0177. The van der Waals surface area contributed by atoms with Gasteiger partial charge in [-0.3, -0.25) is 4.79 Å². The first-order valence-corrected chi connectivity index (χ1v) is 8.53. The molecule has 0 fully saturated rings. The van der Waals surface area contributed by atoms with Crippen LogP contribution >= 0.6 is 0 Å². The number of ketones is 1. The highest BCUT2D eigenvalue weighted by atomic mass is 16.5. The first-order valence-electron chi connectivity index (χ1n) is 8.53. The molecule has 1 aliphatic heterocycles. The van der Waals surface area contributed by atoms with Gasteiger partial charge in [-0.2, -0.15) is 0 Å². The van der Waals surface area contributed by atoms with E-state index in [4.69, 9.17) is 14.2 Å². The Balaban J connectivity index is 1.94. The fraction of sp³-hybridized carbons (Fsp3) is 0.227. The molecule has 2 aromatic carbocycles. The van der Waals surface area contributed by atoms with E-state index in [-0.39, 0.29) is 11.5 Å². The van der Waals surface area contributed by atoms with Gasteiger partial charge < -0.3 is 19.3 Å². The molecule has 1 aliphatic rings. The zero-order chi connectivity index (χ0) is 19.6. The average Bonchev–Trinajstić information content (AvgIpc) is 2.64. The van der Waals surface area contributed by atoms with E-state index < -0.39 is 5.60 Å². The van der Waals surface area contributed by atoms with Crippen LogP contribution in [-0.2, 0) is 0 Å². The number of ether oxygens (including phenoxy) is 3. The molecule has 0 unspecified atom stereocenters. The van der Waals surface area contributed by atoms with Gasteiger partial charge in [0.1, 0.15) is 17.1 Å². The summed E-state index contributed by atoms with van der Waals surface area (Å²) in [7, 11) is 3.07. The Bertz CT molecular complexity index is 938. The molecule has 0 radical (unpaired) electrons. The van der Waals surface area contributed by atoms with Crippen LogP contribution in [0, 0.1) is 0 Å². The molecule has 0 aromatic heterocycles. The molecule has 0 spiro atoms. The SMILES string of the molecule is COc1ccc(C=CC(=O)c2ccc(OC)c3c2OC(C)(C)C=C3)cc1O. The molecule has 5 nitrogen and oxygen atoms in total. The van der Waals surface area contributed by atoms with E-state index in [1.807, 2.05) is 26.0 Å². The number of benzene rings is 2. The second-order valence-electron chi connectivity index (χ2n) is 6.73. The summed E-state index contributed by atoms with van der Waals surface area (Å²) in [6.07, 6.45) is 6.95. The number of carbonyl (C=O) groups excluding carboxylic acids is 1. The van der Waals surface area contributed by atoms with E-state index in [2.05, 4.69) is 0 Å². The van der Waals surface area contributed by atoms with Gasteiger partial charge in [0, 0.05) is 0 Å². The maximum Gasteiger partial charge on any atom is 0.189 e. The van der Waals surface area contributed by atoms with Crippen LogP contribution < -0.4 is 14.2 Å². The Kier molecular flexibility index (Phi) is 4.95. The van der Waals surface area contributed by atoms with Crippen LogP contribution in [0.15, 0.2) is 42.5 Å². The lowest BCUT2D eigenvalue weighted by molar-refractivity contribution is 0.103. The third-order valence-electron chi connectivity index (χ3n) is 4.29. The third kappa shape index (κ3) is 3.82. The van der Waals surface area contributed by atoms with E-state index in [0.717, 1.165) is 5.56 Å². The smallest absolute Gasteiger partial charge is 0.189 e. The maximum absolute atomic E-state index is 12.8. The van der Waals surface area contributed by atoms with Crippen molar-refractivity contribution in [3.05, 3.63) is 59.2 Å². The van der Waals surface area contributed by atoms with Gasteiger partial charge in [-0.1, -0.05) is 12.1 Å². The Morgan fingerprint density at radius 2 is 1.81 bits per heavy atom. The monoisotopic (exact) mass is 366 g/mol. The number of phenolic OH excluding ortho intramolecular Hbond substituents is 1. The number of methoxy groups -OCH3 is 2. The van der Waals surface area contributed by atoms with Gasteiger partial charge in [0.2, 0.25) is 0 Å². The molecule has 27 heavy (non-hydrogen) atoms. The molecule has 0 bridgehead atoms. The molecule has 3 rings (SSSR count). The van der Waals surface area contributed by atoms with Crippen LogP contribution in [0.1, 0.15) is 35.3 Å². The van der Waals surface area contributed by atoms with Gasteiger partial charge >= 0.3 is 0 Å². The molecular weight excluding hydrogens is 344 g/mol. The number of phenols is 1. The molecule has 0 atom stereocenters. The number of aromatic hydroxyl groups is 1. The van der Waals surface area contributed by atoms with Crippen molar-refractivity contribution < 1.29 is 24.1 Å². The predicted molar refractivity (Wildman–Crippen MR) is 105 cm³/mol. The molecule has 1 N–H and O–H groups in total. The first kappa shape index (κ1) is 18.6. The molecule has 0 saturated carbocycles. The Morgan fingerprint density at radius 1 is 1.11 bits per heavy atom. The second-order valence-corrected chi connectivity index (χ2v) is 6.73. The highest BCUT2D eigenvalue weighted by Crippen LogP contribution is 2.40. The van der Waals surface area contributed by atoms with Crippen LogP contribution in [0.3, 0.4) is 0 Å². The molecule has 5 heteroatoms. The maximum atomic E-state index is 12.8. The fourth-order valence-electron chi connectivity index (χ4n) is 2.87. The van der Waals surface area contributed by atoms with Gasteiger partial charge in [-0.15, -0.1) is 0 Å². The van der Waals surface area contributed by atoms with Crippen molar-refractivity contribution in [1.82, 2.24) is 0 Å². The fourth-order valence-corrected chi connectivity index (χ4v) is 2.87. The van der Waals surface area contributed by atoms with Gasteiger partial charge in [-0.05, 0) is 61.9 Å². The van der Waals surface area contributed by atoms with Crippen LogP contribution in [-0.4, -0.2) is 30.7 Å². The molecular formula is C22H22O5. The zero-order valence-corrected chi connectivity index (χ0v) is 15.8. The lowest BCUT2D eigenvalue weighted by Crippen LogP contribution is -2.28.